The number of benzene rings is 1. The lowest BCUT2D eigenvalue weighted by Gasteiger charge is -2.21. The predicted molar refractivity (Wildman–Crippen MR) is 89.2 cm³/mol. The van der Waals surface area contributed by atoms with Crippen LogP contribution in [0.1, 0.15) is 41.2 Å². The van der Waals surface area contributed by atoms with Crippen LogP contribution in [-0.2, 0) is 4.79 Å². The Labute approximate surface area is 135 Å². The Kier molecular flexibility index (Phi) is 4.32. The first-order chi connectivity index (χ1) is 10.6. The molecule has 0 unspecified atom stereocenters. The molecule has 0 radical (unpaired) electrons. The highest BCUT2D eigenvalue weighted by atomic mass is 16.4. The Morgan fingerprint density at radius 3 is 2.35 bits per heavy atom. The maximum atomic E-state index is 12.5. The van der Waals surface area contributed by atoms with Crippen molar-refractivity contribution in [3.05, 3.63) is 52.8 Å². The van der Waals surface area contributed by atoms with Gasteiger partial charge in [-0.05, 0) is 58.4 Å². The molecule has 0 spiro atoms. The van der Waals surface area contributed by atoms with Crippen LogP contribution in [0.3, 0.4) is 0 Å². The highest BCUT2D eigenvalue weighted by Crippen LogP contribution is 2.22. The summed E-state index contributed by atoms with van der Waals surface area (Å²) < 4.78 is 2.00. The molecule has 0 aliphatic rings. The molecule has 2 N–H and O–H groups in total. The van der Waals surface area contributed by atoms with Gasteiger partial charge in [-0.15, -0.1) is 0 Å². The van der Waals surface area contributed by atoms with E-state index in [1.807, 2.05) is 49.6 Å². The largest absolute Gasteiger partial charge is 0.480 e. The van der Waals surface area contributed by atoms with Crippen LogP contribution in [0.4, 0.5) is 0 Å². The van der Waals surface area contributed by atoms with Crippen LogP contribution in [0.15, 0.2) is 30.3 Å². The third-order valence-corrected chi connectivity index (χ3v) is 3.90. The molecule has 0 saturated heterocycles. The number of nitrogens with zero attached hydrogens (tertiary/aromatic N) is 1. The summed E-state index contributed by atoms with van der Waals surface area (Å²) in [6.45, 7) is 8.73. The van der Waals surface area contributed by atoms with Gasteiger partial charge in [0.2, 0.25) is 0 Å². The summed E-state index contributed by atoms with van der Waals surface area (Å²) in [5.41, 5.74) is 2.99. The maximum absolute atomic E-state index is 12.5. The van der Waals surface area contributed by atoms with Gasteiger partial charge in [0.15, 0.2) is 0 Å². The zero-order valence-electron chi connectivity index (χ0n) is 14.1. The number of carbonyl (C=O) groups excluding carboxylic acids is 1. The van der Waals surface area contributed by atoms with Crippen molar-refractivity contribution in [1.82, 2.24) is 9.88 Å². The van der Waals surface area contributed by atoms with Crippen molar-refractivity contribution in [3.8, 4) is 5.69 Å². The fraction of sp³-hybridized carbons (Fsp3) is 0.333. The number of carboxylic acid groups (broad SMARTS) is 1. The first-order valence-electron chi connectivity index (χ1n) is 7.45. The summed E-state index contributed by atoms with van der Waals surface area (Å²) in [6.07, 6.45) is 0. The number of hydrogen-bond acceptors (Lipinski definition) is 2. The molecule has 1 aromatic carbocycles. The summed E-state index contributed by atoms with van der Waals surface area (Å²) in [5.74, 6) is -1.46. The minimum Gasteiger partial charge on any atom is -0.480 e. The monoisotopic (exact) mass is 314 g/mol. The minimum atomic E-state index is -1.32. The van der Waals surface area contributed by atoms with Gasteiger partial charge in [-0.3, -0.25) is 4.79 Å². The van der Waals surface area contributed by atoms with E-state index in [1.54, 1.807) is 6.07 Å². The molecule has 1 aromatic heterocycles. The Morgan fingerprint density at radius 2 is 1.78 bits per heavy atom. The lowest BCUT2D eigenvalue weighted by Crippen LogP contribution is -2.49. The molecule has 0 bridgehead atoms. The van der Waals surface area contributed by atoms with Crippen LogP contribution in [0, 0.1) is 20.8 Å². The van der Waals surface area contributed by atoms with Crippen molar-refractivity contribution in [2.45, 2.75) is 40.2 Å². The van der Waals surface area contributed by atoms with Crippen LogP contribution < -0.4 is 5.32 Å². The number of aromatic nitrogens is 1. The lowest BCUT2D eigenvalue weighted by atomic mass is 10.1. The van der Waals surface area contributed by atoms with Crippen LogP contribution >= 0.6 is 0 Å². The fourth-order valence-corrected chi connectivity index (χ4v) is 2.56. The Balaban J connectivity index is 2.42. The number of amides is 1. The maximum Gasteiger partial charge on any atom is 0.328 e. The zero-order valence-corrected chi connectivity index (χ0v) is 14.1. The number of aryl methyl sites for hydroxylation is 2. The molecule has 1 heterocycles. The molecule has 5 nitrogen and oxygen atoms in total. The van der Waals surface area contributed by atoms with Crippen LogP contribution in [0.25, 0.3) is 5.69 Å². The van der Waals surface area contributed by atoms with E-state index in [1.165, 1.54) is 13.8 Å². The van der Waals surface area contributed by atoms with Gasteiger partial charge < -0.3 is 15.0 Å². The van der Waals surface area contributed by atoms with E-state index < -0.39 is 11.5 Å². The molecule has 0 aliphatic carbocycles. The number of carboxylic acids is 1. The van der Waals surface area contributed by atoms with E-state index in [0.29, 0.717) is 5.56 Å². The second kappa shape index (κ2) is 5.91. The molecule has 1 amide bonds. The van der Waals surface area contributed by atoms with Gasteiger partial charge in [0.1, 0.15) is 5.54 Å². The summed E-state index contributed by atoms with van der Waals surface area (Å²) in [7, 11) is 0. The van der Waals surface area contributed by atoms with E-state index in [0.717, 1.165) is 22.6 Å². The molecule has 2 rings (SSSR count). The molecule has 0 aliphatic heterocycles. The van der Waals surface area contributed by atoms with Gasteiger partial charge in [-0.25, -0.2) is 4.79 Å². The second-order valence-corrected chi connectivity index (χ2v) is 6.34. The third-order valence-electron chi connectivity index (χ3n) is 3.90. The van der Waals surface area contributed by atoms with Crippen molar-refractivity contribution >= 4 is 11.9 Å². The Morgan fingerprint density at radius 1 is 1.13 bits per heavy atom. The van der Waals surface area contributed by atoms with Gasteiger partial charge in [-0.2, -0.15) is 0 Å². The number of rotatable bonds is 4. The lowest BCUT2D eigenvalue weighted by molar-refractivity contribution is -0.143. The second-order valence-electron chi connectivity index (χ2n) is 6.34. The minimum absolute atomic E-state index is 0.385. The number of nitrogens with one attached hydrogen (secondary N) is 1. The highest BCUT2D eigenvalue weighted by Gasteiger charge is 2.30. The number of aliphatic carboxylic acids is 1. The summed E-state index contributed by atoms with van der Waals surface area (Å²) in [5, 5.41) is 11.7. The van der Waals surface area contributed by atoms with Gasteiger partial charge in [0.25, 0.3) is 5.91 Å². The van der Waals surface area contributed by atoms with E-state index in [2.05, 4.69) is 5.32 Å². The van der Waals surface area contributed by atoms with E-state index in [4.69, 9.17) is 5.11 Å². The third kappa shape index (κ3) is 3.28. The normalized spacial score (nSPS) is 11.3. The van der Waals surface area contributed by atoms with E-state index >= 15 is 0 Å². The summed E-state index contributed by atoms with van der Waals surface area (Å²) in [4.78, 5) is 23.6. The average Bonchev–Trinajstić information content (AvgIpc) is 2.73. The van der Waals surface area contributed by atoms with Crippen molar-refractivity contribution in [1.29, 1.82) is 0 Å². The van der Waals surface area contributed by atoms with Crippen molar-refractivity contribution in [2.24, 2.45) is 0 Å². The van der Waals surface area contributed by atoms with Gasteiger partial charge in [0.05, 0.1) is 5.56 Å². The van der Waals surface area contributed by atoms with Gasteiger partial charge in [-0.1, -0.05) is 12.1 Å². The SMILES string of the molecule is Cc1cccc(-n2c(C)cc(C(=O)NC(C)(C)C(=O)O)c2C)c1. The van der Waals surface area contributed by atoms with Crippen LogP contribution in [-0.4, -0.2) is 27.1 Å². The topological polar surface area (TPSA) is 71.3 Å². The Hall–Kier alpha value is -2.56. The zero-order chi connectivity index (χ0) is 17.4. The molecule has 2 aromatic rings. The quantitative estimate of drug-likeness (QED) is 0.911. The van der Waals surface area contributed by atoms with E-state index in [-0.39, 0.29) is 5.91 Å². The van der Waals surface area contributed by atoms with Crippen LogP contribution in [0.2, 0.25) is 0 Å². The summed E-state index contributed by atoms with van der Waals surface area (Å²) >= 11 is 0. The average molecular weight is 314 g/mol. The van der Waals surface area contributed by atoms with Gasteiger partial charge in [0, 0.05) is 17.1 Å². The number of carbonyl (C=O) groups is 2. The molecule has 0 fully saturated rings. The summed E-state index contributed by atoms with van der Waals surface area (Å²) in [6, 6.07) is 9.79. The van der Waals surface area contributed by atoms with Crippen molar-refractivity contribution in [3.63, 3.8) is 0 Å². The molecule has 23 heavy (non-hydrogen) atoms. The Bertz CT molecular complexity index is 773. The molecule has 122 valence electrons. The first kappa shape index (κ1) is 16.8. The van der Waals surface area contributed by atoms with Crippen LogP contribution in [0.5, 0.6) is 0 Å². The predicted octanol–water partition coefficient (Wildman–Crippen LogP) is 3.00. The van der Waals surface area contributed by atoms with Gasteiger partial charge >= 0.3 is 5.97 Å². The van der Waals surface area contributed by atoms with E-state index in [9.17, 15) is 9.59 Å². The first-order valence-corrected chi connectivity index (χ1v) is 7.45. The van der Waals surface area contributed by atoms with Crippen molar-refractivity contribution in [2.75, 3.05) is 0 Å². The standard InChI is InChI=1S/C18H22N2O3/c1-11-7-6-8-14(9-11)20-12(2)10-15(13(20)3)16(21)19-18(4,5)17(22)23/h6-10H,1-5H3,(H,19,21)(H,22,23). The number of hydrogen-bond donors (Lipinski definition) is 2. The molecule has 0 atom stereocenters. The van der Waals surface area contributed by atoms with Crippen molar-refractivity contribution < 1.29 is 14.7 Å². The molecular formula is C18H22N2O3. The smallest absolute Gasteiger partial charge is 0.328 e. The molecular weight excluding hydrogens is 292 g/mol. The molecule has 5 heteroatoms. The molecule has 0 saturated carbocycles. The highest BCUT2D eigenvalue weighted by molar-refractivity contribution is 5.99. The fourth-order valence-electron chi connectivity index (χ4n) is 2.56.